The van der Waals surface area contributed by atoms with E-state index in [9.17, 15) is 13.6 Å². The van der Waals surface area contributed by atoms with Gasteiger partial charge in [-0.2, -0.15) is 0 Å². The number of carboxylic acids is 1. The minimum atomic E-state index is -1.09. The van der Waals surface area contributed by atoms with Crippen molar-refractivity contribution < 1.29 is 18.7 Å². The Hall–Kier alpha value is -1.95. The van der Waals surface area contributed by atoms with Crippen LogP contribution < -0.4 is 0 Å². The molecule has 1 aromatic carbocycles. The average molecular weight is 267 g/mol. The lowest BCUT2D eigenvalue weighted by atomic mass is 10.3. The number of halogens is 2. The highest BCUT2D eigenvalue weighted by atomic mass is 32.2. The summed E-state index contributed by atoms with van der Waals surface area (Å²) in [4.78, 5) is 15.5. The number of pyridine rings is 1. The van der Waals surface area contributed by atoms with Gasteiger partial charge in [0.25, 0.3) is 0 Å². The third-order valence-electron chi connectivity index (χ3n) is 2.13. The molecule has 92 valence electrons. The Balaban J connectivity index is 2.34. The average Bonchev–Trinajstić information content (AvgIpc) is 2.34. The van der Waals surface area contributed by atoms with Crippen molar-refractivity contribution in [3.05, 3.63) is 53.9 Å². The summed E-state index contributed by atoms with van der Waals surface area (Å²) in [7, 11) is 0. The highest BCUT2D eigenvalue weighted by molar-refractivity contribution is 7.99. The molecule has 0 atom stereocenters. The predicted octanol–water partition coefficient (Wildman–Crippen LogP) is 3.21. The van der Waals surface area contributed by atoms with Crippen molar-refractivity contribution in [2.75, 3.05) is 0 Å². The molecule has 0 fully saturated rings. The zero-order valence-electron chi connectivity index (χ0n) is 8.93. The van der Waals surface area contributed by atoms with Crippen LogP contribution in [0.25, 0.3) is 0 Å². The standard InChI is InChI=1S/C12H7F2NO2S/c13-9-2-1-7(5-10(9)14)18-11-6-15-4-3-8(11)12(16)17/h1-6H,(H,16,17). The number of benzene rings is 1. The molecule has 0 spiro atoms. The van der Waals surface area contributed by atoms with Crippen molar-refractivity contribution in [1.82, 2.24) is 4.98 Å². The van der Waals surface area contributed by atoms with Crippen LogP contribution >= 0.6 is 11.8 Å². The van der Waals surface area contributed by atoms with Crippen molar-refractivity contribution >= 4 is 17.7 Å². The van der Waals surface area contributed by atoms with Gasteiger partial charge in [-0.25, -0.2) is 13.6 Å². The second-order valence-corrected chi connectivity index (χ2v) is 4.47. The molecule has 1 aromatic heterocycles. The smallest absolute Gasteiger partial charge is 0.336 e. The molecule has 2 aromatic rings. The van der Waals surface area contributed by atoms with Crippen LogP contribution in [-0.4, -0.2) is 16.1 Å². The van der Waals surface area contributed by atoms with Gasteiger partial charge in [0.05, 0.1) is 5.56 Å². The summed E-state index contributed by atoms with van der Waals surface area (Å²) in [5.74, 6) is -3.01. The highest BCUT2D eigenvalue weighted by Gasteiger charge is 2.12. The lowest BCUT2D eigenvalue weighted by molar-refractivity contribution is 0.0693. The van der Waals surface area contributed by atoms with Crippen molar-refractivity contribution in [1.29, 1.82) is 0 Å². The topological polar surface area (TPSA) is 50.2 Å². The first-order valence-electron chi connectivity index (χ1n) is 4.88. The molecular formula is C12H7F2NO2S. The van der Waals surface area contributed by atoms with Gasteiger partial charge in [0.1, 0.15) is 0 Å². The Morgan fingerprint density at radius 3 is 2.67 bits per heavy atom. The van der Waals surface area contributed by atoms with E-state index in [-0.39, 0.29) is 5.56 Å². The Labute approximate surface area is 105 Å². The van der Waals surface area contributed by atoms with E-state index < -0.39 is 17.6 Å². The summed E-state index contributed by atoms with van der Waals surface area (Å²) < 4.78 is 25.8. The van der Waals surface area contributed by atoms with Crippen LogP contribution in [0.3, 0.4) is 0 Å². The summed E-state index contributed by atoms with van der Waals surface area (Å²) in [5.41, 5.74) is 0.0692. The lowest BCUT2D eigenvalue weighted by Crippen LogP contribution is -1.99. The fourth-order valence-corrected chi connectivity index (χ4v) is 2.24. The molecule has 0 amide bonds. The summed E-state index contributed by atoms with van der Waals surface area (Å²) in [6.45, 7) is 0. The van der Waals surface area contributed by atoms with Crippen LogP contribution in [-0.2, 0) is 0 Å². The third kappa shape index (κ3) is 2.65. The molecule has 1 N–H and O–H groups in total. The zero-order chi connectivity index (χ0) is 13.1. The summed E-state index contributed by atoms with van der Waals surface area (Å²) in [6.07, 6.45) is 2.73. The predicted molar refractivity (Wildman–Crippen MR) is 61.7 cm³/mol. The number of hydrogen-bond donors (Lipinski definition) is 1. The molecule has 0 radical (unpaired) electrons. The van der Waals surface area contributed by atoms with Gasteiger partial charge >= 0.3 is 5.97 Å². The lowest BCUT2D eigenvalue weighted by Gasteiger charge is -2.05. The number of nitrogens with zero attached hydrogens (tertiary/aromatic N) is 1. The molecule has 0 saturated carbocycles. The summed E-state index contributed by atoms with van der Waals surface area (Å²) in [5, 5.41) is 8.97. The molecule has 0 bridgehead atoms. The Bertz CT molecular complexity index is 604. The number of rotatable bonds is 3. The Kier molecular flexibility index (Phi) is 3.57. The van der Waals surface area contributed by atoms with Crippen LogP contribution in [0.2, 0.25) is 0 Å². The normalized spacial score (nSPS) is 10.3. The number of aromatic carboxylic acids is 1. The van der Waals surface area contributed by atoms with Crippen LogP contribution in [0, 0.1) is 11.6 Å². The first-order valence-corrected chi connectivity index (χ1v) is 5.70. The molecule has 2 rings (SSSR count). The second-order valence-electron chi connectivity index (χ2n) is 3.35. The van der Waals surface area contributed by atoms with E-state index in [1.807, 2.05) is 0 Å². The molecule has 0 unspecified atom stereocenters. The molecule has 3 nitrogen and oxygen atoms in total. The molecule has 0 aliphatic rings. The Morgan fingerprint density at radius 2 is 2.00 bits per heavy atom. The van der Waals surface area contributed by atoms with E-state index >= 15 is 0 Å². The minimum absolute atomic E-state index is 0.0692. The van der Waals surface area contributed by atoms with Crippen molar-refractivity contribution in [2.24, 2.45) is 0 Å². The number of hydrogen-bond acceptors (Lipinski definition) is 3. The van der Waals surface area contributed by atoms with E-state index in [1.165, 1.54) is 24.5 Å². The van der Waals surface area contributed by atoms with Gasteiger partial charge < -0.3 is 5.11 Å². The molecule has 0 aliphatic heterocycles. The van der Waals surface area contributed by atoms with Gasteiger partial charge in [0.15, 0.2) is 11.6 Å². The second kappa shape index (κ2) is 5.14. The van der Waals surface area contributed by atoms with Crippen LogP contribution in [0.5, 0.6) is 0 Å². The van der Waals surface area contributed by atoms with E-state index in [0.29, 0.717) is 9.79 Å². The summed E-state index contributed by atoms with van der Waals surface area (Å²) >= 11 is 1.02. The number of carboxylic acid groups (broad SMARTS) is 1. The first-order chi connectivity index (χ1) is 8.58. The van der Waals surface area contributed by atoms with E-state index in [1.54, 1.807) is 0 Å². The molecule has 6 heteroatoms. The van der Waals surface area contributed by atoms with Crippen molar-refractivity contribution in [3.63, 3.8) is 0 Å². The zero-order valence-corrected chi connectivity index (χ0v) is 9.75. The van der Waals surface area contributed by atoms with Crippen molar-refractivity contribution in [3.8, 4) is 0 Å². The van der Waals surface area contributed by atoms with Gasteiger partial charge in [-0.15, -0.1) is 0 Å². The van der Waals surface area contributed by atoms with Gasteiger partial charge in [0.2, 0.25) is 0 Å². The van der Waals surface area contributed by atoms with Gasteiger partial charge in [-0.05, 0) is 24.3 Å². The molecule has 0 saturated heterocycles. The first kappa shape index (κ1) is 12.5. The van der Waals surface area contributed by atoms with Crippen LogP contribution in [0.15, 0.2) is 46.5 Å². The molecule has 1 heterocycles. The number of aromatic nitrogens is 1. The van der Waals surface area contributed by atoms with Gasteiger partial charge in [-0.3, -0.25) is 4.98 Å². The van der Waals surface area contributed by atoms with E-state index in [2.05, 4.69) is 4.98 Å². The highest BCUT2D eigenvalue weighted by Crippen LogP contribution is 2.30. The third-order valence-corrected chi connectivity index (χ3v) is 3.17. The fourth-order valence-electron chi connectivity index (χ4n) is 1.31. The maximum Gasteiger partial charge on any atom is 0.336 e. The van der Waals surface area contributed by atoms with E-state index in [4.69, 9.17) is 5.11 Å². The molecular weight excluding hydrogens is 260 g/mol. The van der Waals surface area contributed by atoms with Gasteiger partial charge in [-0.1, -0.05) is 11.8 Å². The summed E-state index contributed by atoms with van der Waals surface area (Å²) in [6, 6.07) is 4.74. The Morgan fingerprint density at radius 1 is 1.22 bits per heavy atom. The SMILES string of the molecule is O=C(O)c1ccncc1Sc1ccc(F)c(F)c1. The maximum absolute atomic E-state index is 13.0. The van der Waals surface area contributed by atoms with Crippen LogP contribution in [0.1, 0.15) is 10.4 Å². The maximum atomic E-state index is 13.0. The number of carbonyl (C=O) groups is 1. The van der Waals surface area contributed by atoms with E-state index in [0.717, 1.165) is 23.9 Å². The monoisotopic (exact) mass is 267 g/mol. The largest absolute Gasteiger partial charge is 0.478 e. The van der Waals surface area contributed by atoms with Gasteiger partial charge in [0, 0.05) is 22.2 Å². The minimum Gasteiger partial charge on any atom is -0.478 e. The van der Waals surface area contributed by atoms with Crippen molar-refractivity contribution in [2.45, 2.75) is 9.79 Å². The molecule has 0 aliphatic carbocycles. The quantitative estimate of drug-likeness (QED) is 0.927. The fraction of sp³-hybridized carbons (Fsp3) is 0. The molecule has 18 heavy (non-hydrogen) atoms. The van der Waals surface area contributed by atoms with Crippen LogP contribution in [0.4, 0.5) is 8.78 Å².